The summed E-state index contributed by atoms with van der Waals surface area (Å²) in [5.74, 6) is 0.516. The van der Waals surface area contributed by atoms with E-state index in [-0.39, 0.29) is 17.5 Å². The van der Waals surface area contributed by atoms with Gasteiger partial charge in [0, 0.05) is 11.5 Å². The number of carbonyl (C=O) groups is 1. The van der Waals surface area contributed by atoms with Crippen LogP contribution in [-0.4, -0.2) is 27.6 Å². The summed E-state index contributed by atoms with van der Waals surface area (Å²) in [7, 11) is 1.55. The SMILES string of the molecule is CCC(C)c1nn2c(=O)c(NC(=O)c3ccc(OC)cc3)cnc2s1. The molecule has 3 aromatic rings. The van der Waals surface area contributed by atoms with Crippen LogP contribution in [0.4, 0.5) is 5.69 Å². The van der Waals surface area contributed by atoms with E-state index in [1.807, 2.05) is 0 Å². The largest absolute Gasteiger partial charge is 0.497 e. The quantitative estimate of drug-likeness (QED) is 0.758. The van der Waals surface area contributed by atoms with Crippen molar-refractivity contribution in [2.45, 2.75) is 26.2 Å². The number of anilines is 1. The average molecular weight is 358 g/mol. The highest BCUT2D eigenvalue weighted by atomic mass is 32.1. The van der Waals surface area contributed by atoms with Gasteiger partial charge in [0.2, 0.25) is 4.96 Å². The molecule has 0 spiro atoms. The van der Waals surface area contributed by atoms with Crippen molar-refractivity contribution in [2.75, 3.05) is 12.4 Å². The van der Waals surface area contributed by atoms with Crippen LogP contribution in [0.5, 0.6) is 5.75 Å². The summed E-state index contributed by atoms with van der Waals surface area (Å²) in [6.07, 6.45) is 2.30. The molecule has 0 aliphatic heterocycles. The minimum atomic E-state index is -0.391. The second kappa shape index (κ2) is 7.02. The van der Waals surface area contributed by atoms with Gasteiger partial charge in [-0.1, -0.05) is 25.2 Å². The van der Waals surface area contributed by atoms with E-state index in [2.05, 4.69) is 29.2 Å². The second-order valence-corrected chi connectivity index (χ2v) is 6.59. The molecule has 1 amide bonds. The number of hydrogen-bond acceptors (Lipinski definition) is 6. The first-order valence-corrected chi connectivity index (χ1v) is 8.69. The van der Waals surface area contributed by atoms with Gasteiger partial charge in [0.05, 0.1) is 13.3 Å². The van der Waals surface area contributed by atoms with Gasteiger partial charge < -0.3 is 10.1 Å². The van der Waals surface area contributed by atoms with E-state index in [1.165, 1.54) is 22.0 Å². The van der Waals surface area contributed by atoms with E-state index in [0.29, 0.717) is 16.3 Å². The summed E-state index contributed by atoms with van der Waals surface area (Å²) >= 11 is 1.39. The molecule has 3 rings (SSSR count). The van der Waals surface area contributed by atoms with Gasteiger partial charge in [-0.15, -0.1) is 0 Å². The lowest BCUT2D eigenvalue weighted by atomic mass is 10.1. The van der Waals surface area contributed by atoms with E-state index in [4.69, 9.17) is 4.74 Å². The second-order valence-electron chi connectivity index (χ2n) is 5.60. The number of fused-ring (bicyclic) bond motifs is 1. The van der Waals surface area contributed by atoms with Crippen molar-refractivity contribution in [3.05, 3.63) is 51.4 Å². The molecule has 0 saturated carbocycles. The molecule has 7 nitrogen and oxygen atoms in total. The van der Waals surface area contributed by atoms with Crippen LogP contribution in [0, 0.1) is 0 Å². The van der Waals surface area contributed by atoms with Crippen molar-refractivity contribution in [1.82, 2.24) is 14.6 Å². The zero-order valence-corrected chi connectivity index (χ0v) is 15.0. The number of ether oxygens (including phenoxy) is 1. The third-order valence-corrected chi connectivity index (χ3v) is 5.09. The third kappa shape index (κ3) is 3.39. The number of carbonyl (C=O) groups excluding carboxylic acids is 1. The minimum absolute atomic E-state index is 0.0966. The molecule has 0 fully saturated rings. The average Bonchev–Trinajstić information content (AvgIpc) is 3.08. The molecule has 0 saturated heterocycles. The number of aromatic nitrogens is 3. The fraction of sp³-hybridized carbons (Fsp3) is 0.294. The number of methoxy groups -OCH3 is 1. The molecule has 8 heteroatoms. The van der Waals surface area contributed by atoms with E-state index in [0.717, 1.165) is 11.4 Å². The molecule has 2 aromatic heterocycles. The fourth-order valence-electron chi connectivity index (χ4n) is 2.20. The van der Waals surface area contributed by atoms with Crippen LogP contribution in [-0.2, 0) is 0 Å². The molecular formula is C17H18N4O3S. The molecule has 0 bridgehead atoms. The van der Waals surface area contributed by atoms with Gasteiger partial charge >= 0.3 is 0 Å². The van der Waals surface area contributed by atoms with Crippen LogP contribution in [0.1, 0.15) is 41.6 Å². The zero-order valence-electron chi connectivity index (χ0n) is 14.1. The summed E-state index contributed by atoms with van der Waals surface area (Å²) in [5, 5.41) is 7.79. The first kappa shape index (κ1) is 17.1. The Morgan fingerprint density at radius 1 is 1.36 bits per heavy atom. The predicted octanol–water partition coefficient (Wildman–Crippen LogP) is 2.93. The van der Waals surface area contributed by atoms with Gasteiger partial charge in [-0.2, -0.15) is 9.61 Å². The van der Waals surface area contributed by atoms with Crippen LogP contribution in [0.15, 0.2) is 35.3 Å². The summed E-state index contributed by atoms with van der Waals surface area (Å²) in [6.45, 7) is 4.11. The molecule has 0 radical (unpaired) electrons. The molecule has 1 N–H and O–H groups in total. The monoisotopic (exact) mass is 358 g/mol. The maximum atomic E-state index is 12.6. The predicted molar refractivity (Wildman–Crippen MR) is 96.8 cm³/mol. The van der Waals surface area contributed by atoms with E-state index in [1.54, 1.807) is 31.4 Å². The van der Waals surface area contributed by atoms with Crippen molar-refractivity contribution in [3.8, 4) is 5.75 Å². The van der Waals surface area contributed by atoms with Crippen molar-refractivity contribution in [1.29, 1.82) is 0 Å². The highest BCUT2D eigenvalue weighted by molar-refractivity contribution is 7.16. The number of amides is 1. The summed E-state index contributed by atoms with van der Waals surface area (Å²) < 4.78 is 6.31. The lowest BCUT2D eigenvalue weighted by Gasteiger charge is -2.05. The summed E-state index contributed by atoms with van der Waals surface area (Å²) in [6, 6.07) is 6.62. The zero-order chi connectivity index (χ0) is 18.0. The van der Waals surface area contributed by atoms with Gasteiger partial charge in [-0.3, -0.25) is 9.59 Å². The van der Waals surface area contributed by atoms with E-state index in [9.17, 15) is 9.59 Å². The Bertz CT molecular complexity index is 962. The number of nitrogens with zero attached hydrogens (tertiary/aromatic N) is 3. The Morgan fingerprint density at radius 2 is 2.08 bits per heavy atom. The Balaban J connectivity index is 1.89. The first-order chi connectivity index (χ1) is 12.0. The Labute approximate surface area is 148 Å². The highest BCUT2D eigenvalue weighted by Gasteiger charge is 2.15. The first-order valence-electron chi connectivity index (χ1n) is 7.87. The minimum Gasteiger partial charge on any atom is -0.497 e. The Hall–Kier alpha value is -2.74. The molecule has 0 aliphatic carbocycles. The Kier molecular flexibility index (Phi) is 4.80. The number of nitrogens with one attached hydrogen (secondary N) is 1. The number of benzene rings is 1. The van der Waals surface area contributed by atoms with Gasteiger partial charge in [-0.25, -0.2) is 4.98 Å². The molecule has 25 heavy (non-hydrogen) atoms. The maximum Gasteiger partial charge on any atom is 0.298 e. The standard InChI is InChI=1S/C17H18N4O3S/c1-4-10(2)15-20-21-16(23)13(9-18-17(21)25-15)19-14(22)11-5-7-12(24-3)8-6-11/h5-10H,4H2,1-3H3,(H,19,22). The number of rotatable bonds is 5. The van der Waals surface area contributed by atoms with Crippen molar-refractivity contribution < 1.29 is 9.53 Å². The lowest BCUT2D eigenvalue weighted by Crippen LogP contribution is -2.23. The van der Waals surface area contributed by atoms with Crippen LogP contribution < -0.4 is 15.6 Å². The molecule has 130 valence electrons. The fourth-order valence-corrected chi connectivity index (χ4v) is 3.19. The molecule has 1 unspecified atom stereocenters. The molecule has 2 heterocycles. The number of hydrogen-bond donors (Lipinski definition) is 1. The van der Waals surface area contributed by atoms with Crippen molar-refractivity contribution in [2.24, 2.45) is 0 Å². The summed E-state index contributed by atoms with van der Waals surface area (Å²) in [4.78, 5) is 29.6. The van der Waals surface area contributed by atoms with Crippen LogP contribution in [0.3, 0.4) is 0 Å². The van der Waals surface area contributed by atoms with E-state index >= 15 is 0 Å². The van der Waals surface area contributed by atoms with Crippen LogP contribution >= 0.6 is 11.3 Å². The van der Waals surface area contributed by atoms with Crippen LogP contribution in [0.25, 0.3) is 4.96 Å². The normalized spacial score (nSPS) is 12.1. The van der Waals surface area contributed by atoms with Crippen molar-refractivity contribution in [3.63, 3.8) is 0 Å². The van der Waals surface area contributed by atoms with Crippen molar-refractivity contribution >= 4 is 27.9 Å². The molecule has 1 atom stereocenters. The van der Waals surface area contributed by atoms with Gasteiger partial charge in [0.25, 0.3) is 11.5 Å². The van der Waals surface area contributed by atoms with Gasteiger partial charge in [0.15, 0.2) is 0 Å². The van der Waals surface area contributed by atoms with Gasteiger partial charge in [0.1, 0.15) is 16.4 Å². The van der Waals surface area contributed by atoms with Crippen LogP contribution in [0.2, 0.25) is 0 Å². The lowest BCUT2D eigenvalue weighted by molar-refractivity contribution is 0.102. The summed E-state index contributed by atoms with van der Waals surface area (Å²) in [5.41, 5.74) is 0.126. The smallest absolute Gasteiger partial charge is 0.298 e. The molecule has 1 aromatic carbocycles. The van der Waals surface area contributed by atoms with Gasteiger partial charge in [-0.05, 0) is 30.7 Å². The third-order valence-electron chi connectivity index (χ3n) is 3.94. The van der Waals surface area contributed by atoms with E-state index < -0.39 is 5.56 Å². The molecular weight excluding hydrogens is 340 g/mol. The topological polar surface area (TPSA) is 85.6 Å². The Morgan fingerprint density at radius 3 is 2.72 bits per heavy atom. The molecule has 0 aliphatic rings. The maximum absolute atomic E-state index is 12.6. The highest BCUT2D eigenvalue weighted by Crippen LogP contribution is 2.23.